The maximum atomic E-state index is 6.15. The molecule has 2 aromatic carbocycles. The van der Waals surface area contributed by atoms with Gasteiger partial charge in [-0.1, -0.05) is 12.8 Å². The lowest BCUT2D eigenvalue weighted by atomic mass is 10.1. The molecule has 166 valence electrons. The van der Waals surface area contributed by atoms with E-state index in [1.54, 1.807) is 0 Å². The molecule has 1 aromatic heterocycles. The number of hydrogen-bond acceptors (Lipinski definition) is 5. The molecule has 3 aromatic rings. The second-order valence-electron chi connectivity index (χ2n) is 8.92. The molecule has 0 aliphatic carbocycles. The lowest BCUT2D eigenvalue weighted by Crippen LogP contribution is -2.33. The minimum atomic E-state index is 0.723. The molecule has 2 aliphatic heterocycles. The fourth-order valence-electron chi connectivity index (χ4n) is 4.87. The van der Waals surface area contributed by atoms with Crippen molar-refractivity contribution in [1.29, 1.82) is 0 Å². The maximum Gasteiger partial charge on any atom is 0.139 e. The van der Waals surface area contributed by atoms with Crippen LogP contribution in [-0.4, -0.2) is 62.3 Å². The van der Waals surface area contributed by atoms with Crippen molar-refractivity contribution in [2.45, 2.75) is 38.5 Å². The number of fused-ring (bicyclic) bond motifs is 3. The van der Waals surface area contributed by atoms with Crippen molar-refractivity contribution in [3.63, 3.8) is 0 Å². The third-order valence-corrected chi connectivity index (χ3v) is 6.67. The Morgan fingerprint density at radius 2 is 1.06 bits per heavy atom. The van der Waals surface area contributed by atoms with Crippen LogP contribution in [0.4, 0.5) is 0 Å². The van der Waals surface area contributed by atoms with Crippen LogP contribution in [0, 0.1) is 0 Å². The summed E-state index contributed by atoms with van der Waals surface area (Å²) in [4.78, 5) is 4.99. The van der Waals surface area contributed by atoms with Crippen molar-refractivity contribution in [2.75, 3.05) is 52.5 Å². The third kappa shape index (κ3) is 5.16. The molecule has 0 bridgehead atoms. The minimum absolute atomic E-state index is 0.723. The largest absolute Gasteiger partial charge is 0.492 e. The van der Waals surface area contributed by atoms with E-state index in [0.717, 1.165) is 59.7 Å². The second kappa shape index (κ2) is 9.92. The summed E-state index contributed by atoms with van der Waals surface area (Å²) < 4.78 is 18.2. The Labute approximate surface area is 184 Å². The van der Waals surface area contributed by atoms with Crippen LogP contribution in [-0.2, 0) is 0 Å². The summed E-state index contributed by atoms with van der Waals surface area (Å²) in [6.45, 7) is 8.25. The van der Waals surface area contributed by atoms with Crippen molar-refractivity contribution in [3.8, 4) is 11.5 Å². The zero-order valence-corrected chi connectivity index (χ0v) is 18.5. The molecule has 0 N–H and O–H groups in total. The highest BCUT2D eigenvalue weighted by atomic mass is 16.5. The van der Waals surface area contributed by atoms with E-state index in [-0.39, 0.29) is 0 Å². The van der Waals surface area contributed by atoms with Crippen LogP contribution in [0.2, 0.25) is 0 Å². The molecule has 0 saturated carbocycles. The smallest absolute Gasteiger partial charge is 0.139 e. The number of ether oxygens (including phenoxy) is 2. The molecular formula is C26H34N2O3. The molecule has 2 saturated heterocycles. The van der Waals surface area contributed by atoms with E-state index in [1.807, 2.05) is 12.1 Å². The van der Waals surface area contributed by atoms with Gasteiger partial charge in [-0.25, -0.2) is 0 Å². The van der Waals surface area contributed by atoms with Gasteiger partial charge in [0.05, 0.1) is 0 Å². The summed E-state index contributed by atoms with van der Waals surface area (Å²) in [6, 6.07) is 12.3. The molecule has 2 fully saturated rings. The number of nitrogens with zero attached hydrogens (tertiary/aromatic N) is 2. The Balaban J connectivity index is 1.20. The molecule has 0 spiro atoms. The normalized spacial score (nSPS) is 18.6. The van der Waals surface area contributed by atoms with Gasteiger partial charge in [0.2, 0.25) is 0 Å². The molecule has 0 radical (unpaired) electrons. The van der Waals surface area contributed by atoms with Gasteiger partial charge in [-0.3, -0.25) is 9.80 Å². The summed E-state index contributed by atoms with van der Waals surface area (Å²) in [7, 11) is 0. The van der Waals surface area contributed by atoms with Gasteiger partial charge in [-0.15, -0.1) is 0 Å². The van der Waals surface area contributed by atoms with Gasteiger partial charge in [0, 0.05) is 36.0 Å². The fourth-order valence-corrected chi connectivity index (χ4v) is 4.87. The fraction of sp³-hybridized carbons (Fsp3) is 0.538. The van der Waals surface area contributed by atoms with Gasteiger partial charge in [-0.05, 0) is 76.1 Å². The summed E-state index contributed by atoms with van der Waals surface area (Å²) >= 11 is 0. The number of piperidine rings is 2. The van der Waals surface area contributed by atoms with Crippen LogP contribution in [0.1, 0.15) is 38.5 Å². The molecule has 0 amide bonds. The van der Waals surface area contributed by atoms with Crippen LogP contribution < -0.4 is 9.47 Å². The van der Waals surface area contributed by atoms with E-state index in [1.165, 1.54) is 64.7 Å². The van der Waals surface area contributed by atoms with Gasteiger partial charge < -0.3 is 13.9 Å². The zero-order chi connectivity index (χ0) is 20.9. The molecule has 5 rings (SSSR count). The molecule has 3 heterocycles. The van der Waals surface area contributed by atoms with Crippen molar-refractivity contribution in [1.82, 2.24) is 9.80 Å². The predicted octanol–water partition coefficient (Wildman–Crippen LogP) is 5.32. The van der Waals surface area contributed by atoms with E-state index in [4.69, 9.17) is 13.9 Å². The Hall–Kier alpha value is -2.24. The summed E-state index contributed by atoms with van der Waals surface area (Å²) in [5, 5.41) is 2.25. The summed E-state index contributed by atoms with van der Waals surface area (Å²) in [5.74, 6) is 1.75. The Morgan fingerprint density at radius 1 is 0.613 bits per heavy atom. The molecule has 5 nitrogen and oxygen atoms in total. The average Bonchev–Trinajstić information content (AvgIpc) is 3.17. The first-order valence-electron chi connectivity index (χ1n) is 12.0. The highest BCUT2D eigenvalue weighted by Gasteiger charge is 2.13. The molecule has 0 unspecified atom stereocenters. The topological polar surface area (TPSA) is 38.1 Å². The first-order valence-corrected chi connectivity index (χ1v) is 12.0. The molecular weight excluding hydrogens is 388 g/mol. The maximum absolute atomic E-state index is 6.15. The number of likely N-dealkylation sites (tertiary alicyclic amines) is 2. The van der Waals surface area contributed by atoms with E-state index in [0.29, 0.717) is 0 Å². The monoisotopic (exact) mass is 422 g/mol. The standard InChI is InChI=1S/C26H34N2O3/c1-3-11-27(12-4-1)15-17-29-21-7-9-23-24-10-8-22(20-26(24)31-25(23)19-21)30-18-16-28-13-5-2-6-14-28/h7-10,19-20H,1-6,11-18H2. The van der Waals surface area contributed by atoms with Crippen LogP contribution in [0.25, 0.3) is 21.9 Å². The Morgan fingerprint density at radius 3 is 1.52 bits per heavy atom. The zero-order valence-electron chi connectivity index (χ0n) is 18.5. The minimum Gasteiger partial charge on any atom is -0.492 e. The molecule has 2 aliphatic rings. The number of hydrogen-bond donors (Lipinski definition) is 0. The Bertz CT molecular complexity index is 909. The quantitative estimate of drug-likeness (QED) is 0.491. The molecule has 5 heteroatoms. The van der Waals surface area contributed by atoms with Gasteiger partial charge >= 0.3 is 0 Å². The van der Waals surface area contributed by atoms with Crippen molar-refractivity contribution < 1.29 is 13.9 Å². The van der Waals surface area contributed by atoms with Crippen LogP contribution in [0.5, 0.6) is 11.5 Å². The lowest BCUT2D eigenvalue weighted by Gasteiger charge is -2.26. The highest BCUT2D eigenvalue weighted by Crippen LogP contribution is 2.33. The highest BCUT2D eigenvalue weighted by molar-refractivity contribution is 6.05. The first kappa shape index (κ1) is 20.7. The van der Waals surface area contributed by atoms with E-state index in [9.17, 15) is 0 Å². The number of furan rings is 1. The van der Waals surface area contributed by atoms with E-state index >= 15 is 0 Å². The van der Waals surface area contributed by atoms with Gasteiger partial charge in [-0.2, -0.15) is 0 Å². The van der Waals surface area contributed by atoms with Crippen LogP contribution in [0.15, 0.2) is 40.8 Å². The van der Waals surface area contributed by atoms with Crippen molar-refractivity contribution >= 4 is 21.9 Å². The van der Waals surface area contributed by atoms with Gasteiger partial charge in [0.1, 0.15) is 35.9 Å². The van der Waals surface area contributed by atoms with Crippen molar-refractivity contribution in [2.24, 2.45) is 0 Å². The van der Waals surface area contributed by atoms with Gasteiger partial charge in [0.15, 0.2) is 0 Å². The summed E-state index contributed by atoms with van der Waals surface area (Å²) in [6.07, 6.45) is 7.99. The predicted molar refractivity (Wildman–Crippen MR) is 125 cm³/mol. The second-order valence-corrected chi connectivity index (χ2v) is 8.92. The number of rotatable bonds is 8. The lowest BCUT2D eigenvalue weighted by molar-refractivity contribution is 0.183. The van der Waals surface area contributed by atoms with E-state index in [2.05, 4.69) is 34.1 Å². The molecule has 31 heavy (non-hydrogen) atoms. The van der Waals surface area contributed by atoms with Crippen LogP contribution in [0.3, 0.4) is 0 Å². The first-order chi connectivity index (χ1) is 15.3. The molecule has 0 atom stereocenters. The summed E-state index contributed by atoms with van der Waals surface area (Å²) in [5.41, 5.74) is 1.74. The van der Waals surface area contributed by atoms with Crippen molar-refractivity contribution in [3.05, 3.63) is 36.4 Å². The Kier molecular flexibility index (Phi) is 6.61. The van der Waals surface area contributed by atoms with E-state index < -0.39 is 0 Å². The van der Waals surface area contributed by atoms with Crippen LogP contribution >= 0.6 is 0 Å². The third-order valence-electron chi connectivity index (χ3n) is 6.67. The number of benzene rings is 2. The SMILES string of the molecule is c1cc2c(cc1OCCN1CCCCC1)oc1cc(OCCN3CCCCC3)ccc12. The average molecular weight is 423 g/mol. The van der Waals surface area contributed by atoms with Gasteiger partial charge in [0.25, 0.3) is 0 Å².